The molecule has 1 aliphatic carbocycles. The van der Waals surface area contributed by atoms with Gasteiger partial charge in [0, 0.05) is 32.0 Å². The molecule has 1 heterocycles. The molecule has 0 spiro atoms. The Kier molecular flexibility index (Phi) is 7.65. The number of nitrogens with zero attached hydrogens (tertiary/aromatic N) is 2. The van der Waals surface area contributed by atoms with Gasteiger partial charge in [-0.1, -0.05) is 29.3 Å². The number of amides is 2. The molecule has 0 radical (unpaired) electrons. The number of carbonyl (C=O) groups is 2. The molecular weight excluding hydrogens is 482 g/mol. The van der Waals surface area contributed by atoms with Crippen LogP contribution in [0.4, 0.5) is 9.18 Å². The molecule has 2 aromatic rings. The summed E-state index contributed by atoms with van der Waals surface area (Å²) >= 11 is 12.4. The predicted octanol–water partition coefficient (Wildman–Crippen LogP) is 5.11. The molecule has 182 valence electrons. The van der Waals surface area contributed by atoms with Gasteiger partial charge in [-0.15, -0.1) is 0 Å². The Labute approximate surface area is 208 Å². The largest absolute Gasteiger partial charge is 0.415 e. The van der Waals surface area contributed by atoms with Crippen LogP contribution < -0.4 is 4.74 Å². The zero-order chi connectivity index (χ0) is 24.4. The van der Waals surface area contributed by atoms with Gasteiger partial charge >= 0.3 is 6.09 Å². The first-order chi connectivity index (χ1) is 16.2. The van der Waals surface area contributed by atoms with Crippen LogP contribution in [0.15, 0.2) is 42.5 Å². The van der Waals surface area contributed by atoms with Crippen molar-refractivity contribution >= 4 is 35.2 Å². The van der Waals surface area contributed by atoms with Crippen molar-refractivity contribution < 1.29 is 23.8 Å². The van der Waals surface area contributed by atoms with Crippen molar-refractivity contribution in [3.05, 3.63) is 63.9 Å². The van der Waals surface area contributed by atoms with E-state index in [4.69, 9.17) is 27.9 Å². The van der Waals surface area contributed by atoms with Crippen LogP contribution in [0.3, 0.4) is 0 Å². The minimum atomic E-state index is -0.600. The Hall–Kier alpha value is -2.35. The Morgan fingerprint density at radius 3 is 2.35 bits per heavy atom. The van der Waals surface area contributed by atoms with Crippen LogP contribution in [0.25, 0.3) is 0 Å². The van der Waals surface area contributed by atoms with Crippen molar-refractivity contribution in [1.82, 2.24) is 9.80 Å². The molecule has 1 saturated heterocycles. The van der Waals surface area contributed by atoms with E-state index in [0.29, 0.717) is 48.8 Å². The number of ether oxygens (including phenoxy) is 1. The maximum atomic E-state index is 13.3. The molecule has 6 nitrogen and oxygen atoms in total. The Morgan fingerprint density at radius 1 is 1.03 bits per heavy atom. The maximum absolute atomic E-state index is 13.3. The van der Waals surface area contributed by atoms with Gasteiger partial charge in [0.25, 0.3) is 0 Å². The minimum absolute atomic E-state index is 0.0414. The lowest BCUT2D eigenvalue weighted by Gasteiger charge is -2.29. The van der Waals surface area contributed by atoms with E-state index in [1.807, 2.05) is 6.07 Å². The highest BCUT2D eigenvalue weighted by atomic mass is 35.5. The monoisotopic (exact) mass is 508 g/mol. The van der Waals surface area contributed by atoms with Crippen molar-refractivity contribution in [2.75, 3.05) is 20.1 Å². The van der Waals surface area contributed by atoms with Gasteiger partial charge in [-0.2, -0.15) is 0 Å². The second kappa shape index (κ2) is 10.5. The van der Waals surface area contributed by atoms with Gasteiger partial charge in [0.2, 0.25) is 5.91 Å². The average Bonchev–Trinajstić information content (AvgIpc) is 3.27. The first-order valence-corrected chi connectivity index (χ1v) is 12.1. The van der Waals surface area contributed by atoms with Crippen LogP contribution in [0.5, 0.6) is 5.75 Å². The van der Waals surface area contributed by atoms with Crippen LogP contribution in [-0.2, 0) is 4.79 Å². The summed E-state index contributed by atoms with van der Waals surface area (Å²) in [4.78, 5) is 29.5. The molecule has 2 aliphatic rings. The minimum Gasteiger partial charge on any atom is -0.410 e. The summed E-state index contributed by atoms with van der Waals surface area (Å²) in [5.74, 6) is -0.476. The number of aliphatic hydroxyl groups is 1. The highest BCUT2D eigenvalue weighted by molar-refractivity contribution is 6.42. The number of likely N-dealkylation sites (tertiary alicyclic amines) is 1. The van der Waals surface area contributed by atoms with Gasteiger partial charge in [0.1, 0.15) is 11.6 Å². The number of rotatable bonds is 4. The van der Waals surface area contributed by atoms with E-state index >= 15 is 0 Å². The molecule has 9 heteroatoms. The third kappa shape index (κ3) is 5.48. The lowest BCUT2D eigenvalue weighted by molar-refractivity contribution is -0.136. The highest BCUT2D eigenvalue weighted by Crippen LogP contribution is 2.36. The van der Waals surface area contributed by atoms with E-state index in [2.05, 4.69) is 0 Å². The number of aliphatic hydroxyl groups excluding tert-OH is 1. The van der Waals surface area contributed by atoms with Gasteiger partial charge in [-0.3, -0.25) is 4.79 Å². The van der Waals surface area contributed by atoms with Crippen molar-refractivity contribution in [2.24, 2.45) is 5.92 Å². The summed E-state index contributed by atoms with van der Waals surface area (Å²) in [5.41, 5.74) is 0.871. The molecule has 0 aromatic heterocycles. The van der Waals surface area contributed by atoms with Gasteiger partial charge in [0.05, 0.1) is 22.2 Å². The summed E-state index contributed by atoms with van der Waals surface area (Å²) in [5, 5.41) is 10.6. The number of hydrogen-bond acceptors (Lipinski definition) is 4. The SMILES string of the molecule is CN(C(=O)Oc1ccc(F)cc1)[C@@H]1CN(C(=O)[C@H]2CC[C@@H](O)CC2)C[C@H]1c1ccc(Cl)c(Cl)c1. The number of benzene rings is 2. The fourth-order valence-corrected chi connectivity index (χ4v) is 5.13. The highest BCUT2D eigenvalue weighted by Gasteiger charge is 2.42. The van der Waals surface area contributed by atoms with Gasteiger partial charge in [-0.05, 0) is 67.6 Å². The fourth-order valence-electron chi connectivity index (χ4n) is 4.82. The topological polar surface area (TPSA) is 70.1 Å². The fraction of sp³-hybridized carbons (Fsp3) is 0.440. The van der Waals surface area contributed by atoms with Gasteiger partial charge in [-0.25, -0.2) is 9.18 Å². The van der Waals surface area contributed by atoms with E-state index in [1.165, 1.54) is 29.2 Å². The smallest absolute Gasteiger partial charge is 0.410 e. The first kappa shape index (κ1) is 24.8. The van der Waals surface area contributed by atoms with Crippen molar-refractivity contribution in [2.45, 2.75) is 43.7 Å². The number of hydrogen-bond donors (Lipinski definition) is 1. The lowest BCUT2D eigenvalue weighted by atomic mass is 9.86. The van der Waals surface area contributed by atoms with E-state index in [1.54, 1.807) is 24.1 Å². The van der Waals surface area contributed by atoms with Crippen molar-refractivity contribution in [1.29, 1.82) is 0 Å². The van der Waals surface area contributed by atoms with Crippen LogP contribution in [-0.4, -0.2) is 59.2 Å². The molecule has 4 rings (SSSR count). The van der Waals surface area contributed by atoms with E-state index < -0.39 is 11.9 Å². The standard InChI is InChI=1S/C25H27Cl2FN2O4/c1-29(25(33)34-19-9-5-17(28)6-10-19)23-14-30(24(32)15-2-7-18(31)8-3-15)13-20(23)16-4-11-21(26)22(27)12-16/h4-6,9-12,15,18,20,23,31H,2-3,7-8,13-14H2,1H3/t15-,18+,20-,23+/m0/s1. The average molecular weight is 509 g/mol. The van der Waals surface area contributed by atoms with Gasteiger partial charge in [0.15, 0.2) is 0 Å². The van der Waals surface area contributed by atoms with E-state index in [-0.39, 0.29) is 35.6 Å². The molecule has 0 bridgehead atoms. The maximum Gasteiger partial charge on any atom is 0.415 e. The van der Waals surface area contributed by atoms with Crippen LogP contribution in [0.2, 0.25) is 10.0 Å². The first-order valence-electron chi connectivity index (χ1n) is 11.3. The molecular formula is C25H27Cl2FN2O4. The number of halogens is 3. The third-order valence-electron chi connectivity index (χ3n) is 6.82. The quantitative estimate of drug-likeness (QED) is 0.622. The van der Waals surface area contributed by atoms with Crippen molar-refractivity contribution in [3.63, 3.8) is 0 Å². The van der Waals surface area contributed by atoms with E-state index in [0.717, 1.165) is 5.56 Å². The Morgan fingerprint density at radius 2 is 1.71 bits per heavy atom. The summed E-state index contributed by atoms with van der Waals surface area (Å²) in [7, 11) is 1.63. The summed E-state index contributed by atoms with van der Waals surface area (Å²) in [6, 6.07) is 10.2. The summed E-state index contributed by atoms with van der Waals surface area (Å²) in [6.45, 7) is 0.770. The van der Waals surface area contributed by atoms with Gasteiger partial charge < -0.3 is 19.6 Å². The lowest BCUT2D eigenvalue weighted by Crippen LogP contribution is -2.44. The predicted molar refractivity (Wildman–Crippen MR) is 128 cm³/mol. The number of carbonyl (C=O) groups excluding carboxylic acids is 2. The Balaban J connectivity index is 1.54. The van der Waals surface area contributed by atoms with Crippen LogP contribution >= 0.6 is 23.2 Å². The molecule has 34 heavy (non-hydrogen) atoms. The Bertz CT molecular complexity index is 1040. The van der Waals surface area contributed by atoms with Crippen LogP contribution in [0.1, 0.15) is 37.2 Å². The zero-order valence-electron chi connectivity index (χ0n) is 18.8. The zero-order valence-corrected chi connectivity index (χ0v) is 20.3. The molecule has 2 atom stereocenters. The molecule has 0 unspecified atom stereocenters. The summed E-state index contributed by atoms with van der Waals surface area (Å²) < 4.78 is 18.6. The molecule has 2 fully saturated rings. The summed E-state index contributed by atoms with van der Waals surface area (Å²) in [6.07, 6.45) is 1.60. The molecule has 1 aliphatic heterocycles. The molecule has 1 saturated carbocycles. The third-order valence-corrected chi connectivity index (χ3v) is 7.56. The van der Waals surface area contributed by atoms with Crippen LogP contribution in [0, 0.1) is 11.7 Å². The molecule has 2 aromatic carbocycles. The van der Waals surface area contributed by atoms with Crippen molar-refractivity contribution in [3.8, 4) is 5.75 Å². The second-order valence-electron chi connectivity index (χ2n) is 9.03. The normalized spacial score (nSPS) is 24.7. The second-order valence-corrected chi connectivity index (χ2v) is 9.84. The molecule has 1 N–H and O–H groups in total. The molecule has 2 amide bonds. The number of likely N-dealkylation sites (N-methyl/N-ethyl adjacent to an activating group) is 1. The van der Waals surface area contributed by atoms with E-state index in [9.17, 15) is 19.1 Å².